The molecule has 1 aliphatic rings. The number of aromatic nitrogens is 1. The van der Waals surface area contributed by atoms with Crippen molar-refractivity contribution < 1.29 is 42.5 Å². The molecular weight excluding hydrogens is 322 g/mol. The Morgan fingerprint density at radius 3 is 2.82 bits per heavy atom. The number of rotatable bonds is 5. The van der Waals surface area contributed by atoms with Crippen molar-refractivity contribution in [2.45, 2.75) is 24.6 Å². The molecule has 9 nitrogen and oxygen atoms in total. The number of alkyl halides is 1. The molecule has 0 aliphatic carbocycles. The second-order valence-electron chi connectivity index (χ2n) is 4.69. The van der Waals surface area contributed by atoms with Crippen molar-refractivity contribution in [2.24, 2.45) is 5.73 Å². The largest absolute Gasteiger partial charge is 0.469 e. The lowest BCUT2D eigenvalue weighted by Crippen LogP contribution is -2.45. The zero-order chi connectivity index (χ0) is 16.5. The summed E-state index contributed by atoms with van der Waals surface area (Å²) < 4.78 is 35.4. The van der Waals surface area contributed by atoms with E-state index in [9.17, 15) is 18.9 Å². The Kier molecular flexibility index (Phi) is 4.90. The molecule has 0 spiro atoms. The third-order valence-electron chi connectivity index (χ3n) is 3.10. The molecule has 0 radical (unpaired) electrons. The number of primary amides is 1. The highest BCUT2D eigenvalue weighted by molar-refractivity contribution is 7.46. The third kappa shape index (κ3) is 3.86. The molecule has 1 aromatic heterocycles. The second kappa shape index (κ2) is 6.37. The fourth-order valence-corrected chi connectivity index (χ4v) is 2.39. The average molecular weight is 337 g/mol. The molecule has 5 N–H and O–H groups in total. The quantitative estimate of drug-likeness (QED) is 0.389. The van der Waals surface area contributed by atoms with E-state index >= 15 is 0 Å². The molecule has 2 rings (SSSR count). The van der Waals surface area contributed by atoms with Gasteiger partial charge in [0.2, 0.25) is 6.17 Å². The van der Waals surface area contributed by atoms with Crippen LogP contribution in [0.2, 0.25) is 0 Å². The van der Waals surface area contributed by atoms with Crippen molar-refractivity contribution in [1.82, 2.24) is 0 Å². The molecule has 11 heteroatoms. The van der Waals surface area contributed by atoms with E-state index in [0.29, 0.717) is 0 Å². The molecule has 122 valence electrons. The highest BCUT2D eigenvalue weighted by Crippen LogP contribution is 2.38. The first-order chi connectivity index (χ1) is 10.2. The molecular formula is C11H15FN2O7P+. The molecule has 4 atom stereocenters. The molecule has 0 aromatic carbocycles. The number of hydrogen-bond donors (Lipinski definition) is 4. The van der Waals surface area contributed by atoms with Crippen molar-refractivity contribution in [2.75, 3.05) is 6.61 Å². The summed E-state index contributed by atoms with van der Waals surface area (Å²) in [7, 11) is -4.76. The second-order valence-corrected chi connectivity index (χ2v) is 5.93. The van der Waals surface area contributed by atoms with Gasteiger partial charge >= 0.3 is 7.82 Å². The number of nitrogens with zero attached hydrogens (tertiary/aromatic N) is 1. The van der Waals surface area contributed by atoms with Crippen LogP contribution in [0.15, 0.2) is 24.5 Å². The molecule has 0 bridgehead atoms. The topological polar surface area (TPSA) is 143 Å². The number of pyridine rings is 1. The lowest BCUT2D eigenvalue weighted by molar-refractivity contribution is -0.764. The van der Waals surface area contributed by atoms with Gasteiger partial charge in [-0.05, 0) is 6.07 Å². The van der Waals surface area contributed by atoms with E-state index in [-0.39, 0.29) is 5.56 Å². The van der Waals surface area contributed by atoms with Gasteiger partial charge in [-0.15, -0.1) is 0 Å². The van der Waals surface area contributed by atoms with E-state index in [4.69, 9.17) is 20.3 Å². The predicted octanol–water partition coefficient (Wildman–Crippen LogP) is -1.22. The Morgan fingerprint density at radius 2 is 2.23 bits per heavy atom. The first-order valence-electron chi connectivity index (χ1n) is 6.17. The number of hydrogen-bond acceptors (Lipinski definition) is 5. The Morgan fingerprint density at radius 1 is 1.55 bits per heavy atom. The van der Waals surface area contributed by atoms with Gasteiger partial charge in [-0.25, -0.2) is 8.96 Å². The number of aliphatic hydroxyl groups excluding tert-OH is 1. The number of phosphoric acid groups is 1. The lowest BCUT2D eigenvalue weighted by Gasteiger charge is -2.13. The van der Waals surface area contributed by atoms with E-state index in [0.717, 1.165) is 0 Å². The van der Waals surface area contributed by atoms with Gasteiger partial charge in [0, 0.05) is 6.07 Å². The van der Waals surface area contributed by atoms with Crippen molar-refractivity contribution in [1.29, 1.82) is 0 Å². The smallest absolute Gasteiger partial charge is 0.387 e. The first kappa shape index (κ1) is 16.9. The van der Waals surface area contributed by atoms with E-state index in [1.54, 1.807) is 0 Å². The lowest BCUT2D eigenvalue weighted by atomic mass is 10.1. The van der Waals surface area contributed by atoms with Crippen LogP contribution in [0.25, 0.3) is 0 Å². The number of nitrogens with two attached hydrogens (primary N) is 1. The van der Waals surface area contributed by atoms with Crippen molar-refractivity contribution in [3.05, 3.63) is 30.1 Å². The minimum absolute atomic E-state index is 0.114. The number of amides is 1. The van der Waals surface area contributed by atoms with Gasteiger partial charge in [0.15, 0.2) is 12.4 Å². The number of ether oxygens (including phenoxy) is 1. The highest BCUT2D eigenvalue weighted by Gasteiger charge is 2.50. The number of phosphoric ester groups is 1. The molecule has 0 saturated carbocycles. The Balaban J connectivity index is 2.14. The molecule has 1 amide bonds. The summed E-state index contributed by atoms with van der Waals surface area (Å²) in [6.45, 7) is -0.682. The maximum atomic E-state index is 14.1. The van der Waals surface area contributed by atoms with Crippen molar-refractivity contribution >= 4 is 13.7 Å². The van der Waals surface area contributed by atoms with Crippen LogP contribution in [-0.2, 0) is 13.8 Å². The van der Waals surface area contributed by atoms with E-state index in [1.165, 1.54) is 29.1 Å². The summed E-state index contributed by atoms with van der Waals surface area (Å²) in [5, 5.41) is 9.73. The molecule has 1 aliphatic heterocycles. The number of aliphatic hydroxyl groups is 1. The minimum Gasteiger partial charge on any atom is -0.387 e. The van der Waals surface area contributed by atoms with Crippen LogP contribution in [0, 0.1) is 0 Å². The SMILES string of the molecule is NC(=O)c1ccc[n+]([C@@H]2O[C@H](COP(=O)(O)O)[C@@H](O)[C@H]2F)c1. The van der Waals surface area contributed by atoms with Crippen LogP contribution in [0.5, 0.6) is 0 Å². The Bertz CT molecular complexity index is 610. The van der Waals surface area contributed by atoms with Gasteiger partial charge in [-0.3, -0.25) is 9.32 Å². The molecule has 1 aromatic rings. The van der Waals surface area contributed by atoms with Crippen LogP contribution in [0.4, 0.5) is 4.39 Å². The molecule has 1 saturated heterocycles. The van der Waals surface area contributed by atoms with Crippen LogP contribution in [0.3, 0.4) is 0 Å². The maximum Gasteiger partial charge on any atom is 0.469 e. The summed E-state index contributed by atoms with van der Waals surface area (Å²) >= 11 is 0. The number of halogens is 1. The van der Waals surface area contributed by atoms with Crippen molar-refractivity contribution in [3.63, 3.8) is 0 Å². The number of carbonyl (C=O) groups is 1. The van der Waals surface area contributed by atoms with E-state index < -0.39 is 44.9 Å². The average Bonchev–Trinajstić information content (AvgIpc) is 2.72. The van der Waals surface area contributed by atoms with Gasteiger partial charge < -0.3 is 25.4 Å². The zero-order valence-corrected chi connectivity index (χ0v) is 12.0. The fourth-order valence-electron chi connectivity index (χ4n) is 2.05. The summed E-state index contributed by atoms with van der Waals surface area (Å²) in [6, 6.07) is 2.87. The molecule has 22 heavy (non-hydrogen) atoms. The van der Waals surface area contributed by atoms with Gasteiger partial charge in [0.1, 0.15) is 17.8 Å². The summed E-state index contributed by atoms with van der Waals surface area (Å²) in [4.78, 5) is 28.3. The zero-order valence-electron chi connectivity index (χ0n) is 11.2. The van der Waals surface area contributed by atoms with E-state index in [2.05, 4.69) is 4.52 Å². The normalized spacial score (nSPS) is 28.7. The minimum atomic E-state index is -4.76. The van der Waals surface area contributed by atoms with Gasteiger partial charge in [0.05, 0.1) is 6.61 Å². The van der Waals surface area contributed by atoms with Crippen LogP contribution in [-0.4, -0.2) is 45.8 Å². The highest BCUT2D eigenvalue weighted by atomic mass is 31.2. The Hall–Kier alpha value is -1.42. The van der Waals surface area contributed by atoms with Crippen molar-refractivity contribution in [3.8, 4) is 0 Å². The summed E-state index contributed by atoms with van der Waals surface area (Å²) in [5.41, 5.74) is 5.24. The number of carbonyl (C=O) groups excluding carboxylic acids is 1. The molecule has 0 unspecified atom stereocenters. The summed E-state index contributed by atoms with van der Waals surface area (Å²) in [5.74, 6) is -0.718. The Labute approximate surface area is 124 Å². The first-order valence-corrected chi connectivity index (χ1v) is 7.70. The fraction of sp³-hybridized carbons (Fsp3) is 0.455. The predicted molar refractivity (Wildman–Crippen MR) is 68.0 cm³/mol. The summed E-state index contributed by atoms with van der Waals surface area (Å²) in [6.07, 6.45) is -3.40. The molecule has 2 heterocycles. The van der Waals surface area contributed by atoms with Gasteiger partial charge in [-0.1, -0.05) is 0 Å². The molecule has 1 fully saturated rings. The van der Waals surface area contributed by atoms with Crippen LogP contribution in [0.1, 0.15) is 16.6 Å². The standard InChI is InChI=1S/C11H14FN2O7P/c12-8-9(15)7(5-20-22(17,18)19)21-11(8)14-3-1-2-6(4-14)10(13)16/h1-4,7-9,11,15H,5H2,(H3-,13,16,17,18,19)/p+1/t7-,8-,9-,11-/m1/s1. The maximum absolute atomic E-state index is 14.1. The van der Waals surface area contributed by atoms with Crippen LogP contribution < -0.4 is 10.3 Å². The van der Waals surface area contributed by atoms with E-state index in [1.807, 2.05) is 0 Å². The van der Waals surface area contributed by atoms with Gasteiger partial charge in [-0.2, -0.15) is 4.57 Å². The van der Waals surface area contributed by atoms with Crippen LogP contribution >= 0.6 is 7.82 Å². The van der Waals surface area contributed by atoms with Gasteiger partial charge in [0.25, 0.3) is 12.1 Å². The monoisotopic (exact) mass is 337 g/mol. The third-order valence-corrected chi connectivity index (χ3v) is 3.59.